The molecule has 0 saturated carbocycles. The highest BCUT2D eigenvalue weighted by Gasteiger charge is 2.23. The van der Waals surface area contributed by atoms with E-state index in [2.05, 4.69) is 5.32 Å². The number of rotatable bonds is 5. The van der Waals surface area contributed by atoms with Gasteiger partial charge in [0.15, 0.2) is 0 Å². The first kappa shape index (κ1) is 21.8. The van der Waals surface area contributed by atoms with Gasteiger partial charge < -0.3 is 10.2 Å². The molecule has 9 heteroatoms. The van der Waals surface area contributed by atoms with Gasteiger partial charge >= 0.3 is 0 Å². The highest BCUT2D eigenvalue weighted by Crippen LogP contribution is 2.32. The molecule has 29 heavy (non-hydrogen) atoms. The molecule has 1 aliphatic rings. The number of amides is 2. The Labute approximate surface area is 183 Å². The lowest BCUT2D eigenvalue weighted by Crippen LogP contribution is -2.50. The summed E-state index contributed by atoms with van der Waals surface area (Å²) in [5, 5.41) is 3.66. The maximum Gasteiger partial charge on any atom is 0.238 e. The number of halogens is 4. The van der Waals surface area contributed by atoms with Gasteiger partial charge in [0.2, 0.25) is 11.8 Å². The topological polar surface area (TPSA) is 52.7 Å². The average molecular weight is 459 g/mol. The zero-order valence-corrected chi connectivity index (χ0v) is 17.7. The van der Waals surface area contributed by atoms with Crippen molar-refractivity contribution in [3.05, 3.63) is 62.8 Å². The van der Waals surface area contributed by atoms with Crippen LogP contribution in [0.15, 0.2) is 36.4 Å². The van der Waals surface area contributed by atoms with E-state index < -0.39 is 0 Å². The fourth-order valence-electron chi connectivity index (χ4n) is 3.06. The minimum atomic E-state index is -0.324. The predicted octanol–water partition coefficient (Wildman–Crippen LogP) is 4.11. The third kappa shape index (κ3) is 6.06. The van der Waals surface area contributed by atoms with Crippen molar-refractivity contribution in [2.24, 2.45) is 0 Å². The Balaban J connectivity index is 1.47. The van der Waals surface area contributed by atoms with Gasteiger partial charge in [-0.25, -0.2) is 4.39 Å². The number of piperazine rings is 1. The molecule has 0 aromatic heterocycles. The average Bonchev–Trinajstić information content (AvgIpc) is 2.68. The highest BCUT2D eigenvalue weighted by molar-refractivity contribution is 6.44. The highest BCUT2D eigenvalue weighted by atomic mass is 35.5. The van der Waals surface area contributed by atoms with Crippen LogP contribution in [0.3, 0.4) is 0 Å². The molecule has 1 fully saturated rings. The molecule has 1 heterocycles. The van der Waals surface area contributed by atoms with E-state index in [1.165, 1.54) is 24.3 Å². The van der Waals surface area contributed by atoms with Crippen LogP contribution in [-0.4, -0.2) is 54.3 Å². The van der Waals surface area contributed by atoms with Crippen LogP contribution in [0.4, 0.5) is 10.1 Å². The first-order chi connectivity index (χ1) is 13.8. The fraction of sp³-hybridized carbons (Fsp3) is 0.300. The van der Waals surface area contributed by atoms with Crippen molar-refractivity contribution in [1.82, 2.24) is 9.80 Å². The molecule has 0 atom stereocenters. The number of hydrogen-bond acceptors (Lipinski definition) is 3. The SMILES string of the molecule is O=C(CN1CCN(C(=O)Cc2ccc(F)cc2)CC1)Nc1cc(Cl)c(Cl)cc1Cl. The number of carbonyl (C=O) groups excluding carboxylic acids is 2. The van der Waals surface area contributed by atoms with Crippen LogP contribution in [0.25, 0.3) is 0 Å². The first-order valence-corrected chi connectivity index (χ1v) is 10.1. The van der Waals surface area contributed by atoms with Crippen LogP contribution in [0.1, 0.15) is 5.56 Å². The van der Waals surface area contributed by atoms with Gasteiger partial charge in [0.25, 0.3) is 0 Å². The molecule has 1 aliphatic heterocycles. The zero-order chi connectivity index (χ0) is 21.0. The Kier molecular flexibility index (Phi) is 7.35. The van der Waals surface area contributed by atoms with Gasteiger partial charge in [-0.1, -0.05) is 46.9 Å². The summed E-state index contributed by atoms with van der Waals surface area (Å²) >= 11 is 17.9. The quantitative estimate of drug-likeness (QED) is 0.686. The molecule has 2 aromatic rings. The summed E-state index contributed by atoms with van der Waals surface area (Å²) in [4.78, 5) is 28.4. The molecule has 0 radical (unpaired) electrons. The van der Waals surface area contributed by atoms with Crippen LogP contribution in [0, 0.1) is 5.82 Å². The van der Waals surface area contributed by atoms with E-state index in [0.717, 1.165) is 5.56 Å². The smallest absolute Gasteiger partial charge is 0.238 e. The Hall–Kier alpha value is -1.86. The Morgan fingerprint density at radius 3 is 2.21 bits per heavy atom. The lowest BCUT2D eigenvalue weighted by atomic mass is 10.1. The Morgan fingerprint density at radius 1 is 0.931 bits per heavy atom. The number of nitrogens with one attached hydrogen (secondary N) is 1. The first-order valence-electron chi connectivity index (χ1n) is 9.01. The fourth-order valence-corrected chi connectivity index (χ4v) is 3.65. The van der Waals surface area contributed by atoms with Crippen molar-refractivity contribution in [2.45, 2.75) is 6.42 Å². The van der Waals surface area contributed by atoms with Crippen molar-refractivity contribution < 1.29 is 14.0 Å². The number of anilines is 1. The molecule has 0 spiro atoms. The Bertz CT molecular complexity index is 901. The summed E-state index contributed by atoms with van der Waals surface area (Å²) in [6.07, 6.45) is 0.233. The van der Waals surface area contributed by atoms with Gasteiger partial charge in [0, 0.05) is 26.2 Å². The molecule has 5 nitrogen and oxygen atoms in total. The van der Waals surface area contributed by atoms with Crippen LogP contribution >= 0.6 is 34.8 Å². The molecule has 0 bridgehead atoms. The molecule has 154 valence electrons. The van der Waals surface area contributed by atoms with E-state index >= 15 is 0 Å². The van der Waals surface area contributed by atoms with Gasteiger partial charge in [-0.2, -0.15) is 0 Å². The maximum atomic E-state index is 13.0. The molecular weight excluding hydrogens is 440 g/mol. The molecule has 1 N–H and O–H groups in total. The standard InChI is InChI=1S/C20H19Cl3FN3O2/c21-15-10-17(23)18(11-16(15)22)25-19(28)12-26-5-7-27(8-6-26)20(29)9-13-1-3-14(24)4-2-13/h1-4,10-11H,5-9,12H2,(H,25,28). The summed E-state index contributed by atoms with van der Waals surface area (Å²) in [6.45, 7) is 2.40. The zero-order valence-electron chi connectivity index (χ0n) is 15.4. The molecular formula is C20H19Cl3FN3O2. The number of carbonyl (C=O) groups is 2. The molecule has 0 unspecified atom stereocenters. The maximum absolute atomic E-state index is 13.0. The monoisotopic (exact) mass is 457 g/mol. The van der Waals surface area contributed by atoms with Crippen LogP contribution in [-0.2, 0) is 16.0 Å². The summed E-state index contributed by atoms with van der Waals surface area (Å²) in [5.41, 5.74) is 1.18. The number of benzene rings is 2. The second-order valence-electron chi connectivity index (χ2n) is 6.75. The van der Waals surface area contributed by atoms with E-state index in [4.69, 9.17) is 34.8 Å². The number of hydrogen-bond donors (Lipinski definition) is 1. The van der Waals surface area contributed by atoms with Crippen LogP contribution < -0.4 is 5.32 Å². The van der Waals surface area contributed by atoms with Crippen molar-refractivity contribution >= 4 is 52.3 Å². The van der Waals surface area contributed by atoms with E-state index in [9.17, 15) is 14.0 Å². The summed E-state index contributed by atoms with van der Waals surface area (Å²) in [7, 11) is 0. The third-order valence-electron chi connectivity index (χ3n) is 4.64. The van der Waals surface area contributed by atoms with Gasteiger partial charge in [0.05, 0.1) is 33.7 Å². The lowest BCUT2D eigenvalue weighted by molar-refractivity contribution is -0.132. The van der Waals surface area contributed by atoms with E-state index in [1.807, 2.05) is 4.90 Å². The molecule has 3 rings (SSSR count). The minimum absolute atomic E-state index is 0.0108. The second-order valence-corrected chi connectivity index (χ2v) is 7.98. The van der Waals surface area contributed by atoms with Crippen molar-refractivity contribution in [1.29, 1.82) is 0 Å². The second kappa shape index (κ2) is 9.76. The third-order valence-corrected chi connectivity index (χ3v) is 5.68. The predicted molar refractivity (Wildman–Crippen MR) is 113 cm³/mol. The van der Waals surface area contributed by atoms with Crippen LogP contribution in [0.5, 0.6) is 0 Å². The summed E-state index contributed by atoms with van der Waals surface area (Å²) in [6, 6.07) is 8.91. The van der Waals surface area contributed by atoms with Crippen LogP contribution in [0.2, 0.25) is 15.1 Å². The molecule has 1 saturated heterocycles. The van der Waals surface area contributed by atoms with Gasteiger partial charge in [-0.05, 0) is 29.8 Å². The van der Waals surface area contributed by atoms with Gasteiger partial charge in [0.1, 0.15) is 5.82 Å². The van der Waals surface area contributed by atoms with E-state index in [1.54, 1.807) is 17.0 Å². The Morgan fingerprint density at radius 2 is 1.55 bits per heavy atom. The van der Waals surface area contributed by atoms with Crippen molar-refractivity contribution in [2.75, 3.05) is 38.0 Å². The summed E-state index contributed by atoms with van der Waals surface area (Å²) in [5.74, 6) is -0.560. The van der Waals surface area contributed by atoms with Gasteiger partial charge in [-0.15, -0.1) is 0 Å². The van der Waals surface area contributed by atoms with Crippen molar-refractivity contribution in [3.63, 3.8) is 0 Å². The largest absolute Gasteiger partial charge is 0.340 e. The number of nitrogens with zero attached hydrogens (tertiary/aromatic N) is 2. The molecule has 2 aromatic carbocycles. The summed E-state index contributed by atoms with van der Waals surface area (Å²) < 4.78 is 13.0. The van der Waals surface area contributed by atoms with E-state index in [0.29, 0.717) is 46.9 Å². The lowest BCUT2D eigenvalue weighted by Gasteiger charge is -2.34. The molecule has 2 amide bonds. The minimum Gasteiger partial charge on any atom is -0.340 e. The van der Waals surface area contributed by atoms with E-state index in [-0.39, 0.29) is 30.6 Å². The van der Waals surface area contributed by atoms with Crippen molar-refractivity contribution in [3.8, 4) is 0 Å². The normalized spacial score (nSPS) is 14.7. The van der Waals surface area contributed by atoms with Gasteiger partial charge in [-0.3, -0.25) is 14.5 Å². The molecule has 0 aliphatic carbocycles.